The van der Waals surface area contributed by atoms with Crippen molar-refractivity contribution in [3.63, 3.8) is 0 Å². The SMILES string of the molecule is NC(=O)CCNC(=O)c1ccc(-c2ccccc2)cc1. The Balaban J connectivity index is 2.01. The first-order chi connectivity index (χ1) is 9.66. The van der Waals surface area contributed by atoms with Crippen LogP contribution in [0.5, 0.6) is 0 Å². The van der Waals surface area contributed by atoms with E-state index in [0.29, 0.717) is 5.56 Å². The number of hydrogen-bond acceptors (Lipinski definition) is 2. The fourth-order valence-electron chi connectivity index (χ4n) is 1.85. The number of amides is 2. The van der Waals surface area contributed by atoms with Crippen molar-refractivity contribution in [3.8, 4) is 11.1 Å². The molecule has 0 heterocycles. The molecule has 0 spiro atoms. The van der Waals surface area contributed by atoms with E-state index < -0.39 is 5.91 Å². The van der Waals surface area contributed by atoms with Crippen molar-refractivity contribution in [2.45, 2.75) is 6.42 Å². The first kappa shape index (κ1) is 13.8. The first-order valence-electron chi connectivity index (χ1n) is 6.39. The molecule has 0 atom stereocenters. The minimum Gasteiger partial charge on any atom is -0.370 e. The molecular weight excluding hydrogens is 252 g/mol. The summed E-state index contributed by atoms with van der Waals surface area (Å²) < 4.78 is 0. The summed E-state index contributed by atoms with van der Waals surface area (Å²) >= 11 is 0. The van der Waals surface area contributed by atoms with Crippen molar-refractivity contribution in [3.05, 3.63) is 60.2 Å². The molecule has 0 aromatic heterocycles. The quantitative estimate of drug-likeness (QED) is 0.870. The van der Waals surface area contributed by atoms with Crippen molar-refractivity contribution in [1.29, 1.82) is 0 Å². The number of hydrogen-bond donors (Lipinski definition) is 2. The van der Waals surface area contributed by atoms with Crippen LogP contribution in [-0.2, 0) is 4.79 Å². The predicted octanol–water partition coefficient (Wildman–Crippen LogP) is 1.96. The van der Waals surface area contributed by atoms with E-state index in [1.54, 1.807) is 12.1 Å². The average molecular weight is 268 g/mol. The Hall–Kier alpha value is -2.62. The van der Waals surface area contributed by atoms with Gasteiger partial charge in [0, 0.05) is 18.5 Å². The Morgan fingerprint density at radius 2 is 1.50 bits per heavy atom. The predicted molar refractivity (Wildman–Crippen MR) is 78.0 cm³/mol. The van der Waals surface area contributed by atoms with Crippen molar-refractivity contribution < 1.29 is 9.59 Å². The maximum Gasteiger partial charge on any atom is 0.251 e. The third kappa shape index (κ3) is 3.68. The van der Waals surface area contributed by atoms with Gasteiger partial charge < -0.3 is 11.1 Å². The molecule has 102 valence electrons. The lowest BCUT2D eigenvalue weighted by Crippen LogP contribution is -2.27. The molecule has 0 aliphatic carbocycles. The third-order valence-corrected chi connectivity index (χ3v) is 2.91. The highest BCUT2D eigenvalue weighted by Crippen LogP contribution is 2.19. The maximum atomic E-state index is 11.8. The van der Waals surface area contributed by atoms with Crippen molar-refractivity contribution in [1.82, 2.24) is 5.32 Å². The summed E-state index contributed by atoms with van der Waals surface area (Å²) in [5.41, 5.74) is 7.74. The van der Waals surface area contributed by atoms with Crippen molar-refractivity contribution in [2.24, 2.45) is 5.73 Å². The molecule has 4 nitrogen and oxygen atoms in total. The van der Waals surface area contributed by atoms with Gasteiger partial charge in [-0.15, -0.1) is 0 Å². The van der Waals surface area contributed by atoms with Crippen LogP contribution >= 0.6 is 0 Å². The highest BCUT2D eigenvalue weighted by Gasteiger charge is 2.05. The lowest BCUT2D eigenvalue weighted by atomic mass is 10.0. The molecule has 2 aromatic rings. The molecular formula is C16H16N2O2. The lowest BCUT2D eigenvalue weighted by molar-refractivity contribution is -0.117. The molecule has 0 aliphatic rings. The molecule has 4 heteroatoms. The summed E-state index contributed by atoms with van der Waals surface area (Å²) in [6.45, 7) is 0.259. The van der Waals surface area contributed by atoms with Gasteiger partial charge in [0.2, 0.25) is 5.91 Å². The van der Waals surface area contributed by atoms with Gasteiger partial charge in [0.05, 0.1) is 0 Å². The van der Waals surface area contributed by atoms with Gasteiger partial charge in [0.1, 0.15) is 0 Å². The summed E-state index contributed by atoms with van der Waals surface area (Å²) in [6.07, 6.45) is 0.147. The van der Waals surface area contributed by atoms with E-state index in [-0.39, 0.29) is 18.9 Å². The van der Waals surface area contributed by atoms with E-state index in [2.05, 4.69) is 5.32 Å². The second-order valence-corrected chi connectivity index (χ2v) is 4.42. The molecule has 0 saturated carbocycles. The monoisotopic (exact) mass is 268 g/mol. The van der Waals surface area contributed by atoms with Gasteiger partial charge in [-0.25, -0.2) is 0 Å². The van der Waals surface area contributed by atoms with Gasteiger partial charge >= 0.3 is 0 Å². The van der Waals surface area contributed by atoms with Crippen LogP contribution in [0.1, 0.15) is 16.8 Å². The van der Waals surface area contributed by atoms with E-state index in [1.165, 1.54) is 0 Å². The molecule has 3 N–H and O–H groups in total. The normalized spacial score (nSPS) is 10.0. The standard InChI is InChI=1S/C16H16N2O2/c17-15(19)10-11-18-16(20)14-8-6-13(7-9-14)12-4-2-1-3-5-12/h1-9H,10-11H2,(H2,17,19)(H,18,20). The summed E-state index contributed by atoms with van der Waals surface area (Å²) in [5.74, 6) is -0.629. The molecule has 2 aromatic carbocycles. The van der Waals surface area contributed by atoms with Crippen LogP contribution in [-0.4, -0.2) is 18.4 Å². The van der Waals surface area contributed by atoms with Crippen molar-refractivity contribution in [2.75, 3.05) is 6.54 Å². The Morgan fingerprint density at radius 3 is 2.10 bits per heavy atom. The Bertz CT molecular complexity index is 592. The Morgan fingerprint density at radius 1 is 0.900 bits per heavy atom. The van der Waals surface area contributed by atoms with Gasteiger partial charge in [-0.2, -0.15) is 0 Å². The minimum atomic E-state index is -0.426. The zero-order valence-corrected chi connectivity index (χ0v) is 11.0. The fraction of sp³-hybridized carbons (Fsp3) is 0.125. The number of carbonyl (C=O) groups is 2. The average Bonchev–Trinajstić information content (AvgIpc) is 2.48. The summed E-state index contributed by atoms with van der Waals surface area (Å²) in [7, 11) is 0. The summed E-state index contributed by atoms with van der Waals surface area (Å²) in [4.78, 5) is 22.4. The molecule has 2 rings (SSSR count). The van der Waals surface area contributed by atoms with Crippen LogP contribution in [0, 0.1) is 0 Å². The van der Waals surface area contributed by atoms with Crippen LogP contribution < -0.4 is 11.1 Å². The summed E-state index contributed by atoms with van der Waals surface area (Å²) in [6, 6.07) is 17.3. The highest BCUT2D eigenvalue weighted by molar-refractivity contribution is 5.94. The van der Waals surface area contributed by atoms with E-state index in [4.69, 9.17) is 5.73 Å². The molecule has 0 saturated heterocycles. The maximum absolute atomic E-state index is 11.8. The Kier molecular flexibility index (Phi) is 4.50. The van der Waals surface area contributed by atoms with E-state index in [0.717, 1.165) is 11.1 Å². The lowest BCUT2D eigenvalue weighted by Gasteiger charge is -2.05. The topological polar surface area (TPSA) is 72.2 Å². The number of rotatable bonds is 5. The molecule has 0 aliphatic heterocycles. The van der Waals surface area contributed by atoms with Crippen LogP contribution in [0.15, 0.2) is 54.6 Å². The molecule has 2 amide bonds. The van der Waals surface area contributed by atoms with Crippen LogP contribution in [0.4, 0.5) is 0 Å². The van der Waals surface area contributed by atoms with Crippen LogP contribution in [0.3, 0.4) is 0 Å². The largest absolute Gasteiger partial charge is 0.370 e. The van der Waals surface area contributed by atoms with E-state index >= 15 is 0 Å². The van der Waals surface area contributed by atoms with Crippen LogP contribution in [0.25, 0.3) is 11.1 Å². The van der Waals surface area contributed by atoms with Crippen molar-refractivity contribution >= 4 is 11.8 Å². The number of nitrogens with two attached hydrogens (primary N) is 1. The minimum absolute atomic E-state index is 0.147. The van der Waals surface area contributed by atoms with Gasteiger partial charge in [0.25, 0.3) is 5.91 Å². The second kappa shape index (κ2) is 6.52. The van der Waals surface area contributed by atoms with Gasteiger partial charge in [0.15, 0.2) is 0 Å². The van der Waals surface area contributed by atoms with Gasteiger partial charge in [-0.05, 0) is 23.3 Å². The van der Waals surface area contributed by atoms with Crippen LogP contribution in [0.2, 0.25) is 0 Å². The smallest absolute Gasteiger partial charge is 0.251 e. The summed E-state index contributed by atoms with van der Waals surface area (Å²) in [5, 5.41) is 2.65. The zero-order chi connectivity index (χ0) is 14.4. The highest BCUT2D eigenvalue weighted by atomic mass is 16.2. The number of carbonyl (C=O) groups excluding carboxylic acids is 2. The Labute approximate surface area is 117 Å². The third-order valence-electron chi connectivity index (χ3n) is 2.91. The number of primary amides is 1. The van der Waals surface area contributed by atoms with Gasteiger partial charge in [-0.3, -0.25) is 9.59 Å². The molecule has 0 bridgehead atoms. The fourth-order valence-corrected chi connectivity index (χ4v) is 1.85. The molecule has 20 heavy (non-hydrogen) atoms. The molecule has 0 radical (unpaired) electrons. The molecule has 0 fully saturated rings. The molecule has 0 unspecified atom stereocenters. The zero-order valence-electron chi connectivity index (χ0n) is 11.0. The second-order valence-electron chi connectivity index (χ2n) is 4.42. The first-order valence-corrected chi connectivity index (χ1v) is 6.39. The van der Waals surface area contributed by atoms with E-state index in [9.17, 15) is 9.59 Å². The number of nitrogens with one attached hydrogen (secondary N) is 1. The van der Waals surface area contributed by atoms with E-state index in [1.807, 2.05) is 42.5 Å². The van der Waals surface area contributed by atoms with Gasteiger partial charge in [-0.1, -0.05) is 42.5 Å². The number of benzene rings is 2.